The summed E-state index contributed by atoms with van der Waals surface area (Å²) < 4.78 is 16.2. The van der Waals surface area contributed by atoms with Crippen LogP contribution in [0.2, 0.25) is 0 Å². The Kier molecular flexibility index (Phi) is 5.78. The van der Waals surface area contributed by atoms with Crippen LogP contribution in [-0.2, 0) is 11.2 Å². The van der Waals surface area contributed by atoms with Gasteiger partial charge in [-0.15, -0.1) is 0 Å². The lowest BCUT2D eigenvalue weighted by molar-refractivity contribution is 0.146. The highest BCUT2D eigenvalue weighted by Crippen LogP contribution is 2.33. The van der Waals surface area contributed by atoms with Gasteiger partial charge in [0, 0.05) is 23.6 Å². The van der Waals surface area contributed by atoms with E-state index in [4.69, 9.17) is 14.2 Å². The lowest BCUT2D eigenvalue weighted by atomic mass is 9.98. The molecule has 2 rings (SSSR count). The normalized spacial score (nSPS) is 12.0. The number of aryl methyl sites for hydroxylation is 1. The molecule has 2 aromatic rings. The van der Waals surface area contributed by atoms with Gasteiger partial charge in [0.05, 0.1) is 31.2 Å². The molecule has 0 saturated carbocycles. The average molecular weight is 314 g/mol. The Bertz CT molecular complexity index is 722. The van der Waals surface area contributed by atoms with E-state index in [2.05, 4.69) is 24.0 Å². The standard InChI is InChI=1S/C18H22N2O3/c1-5-13-8-14-9-17(23-7-6-21-3)15(12(2)11-19)10-16(14)20-18(13)22-4/h8-10,12H,5-7H2,1-4H3. The van der Waals surface area contributed by atoms with E-state index in [0.29, 0.717) is 24.8 Å². The molecule has 1 heterocycles. The summed E-state index contributed by atoms with van der Waals surface area (Å²) in [6.45, 7) is 4.85. The lowest BCUT2D eigenvalue weighted by Crippen LogP contribution is -2.07. The maximum atomic E-state index is 9.26. The Labute approximate surface area is 136 Å². The number of pyridine rings is 1. The molecular weight excluding hydrogens is 292 g/mol. The first-order chi connectivity index (χ1) is 11.1. The first-order valence-corrected chi connectivity index (χ1v) is 7.67. The largest absolute Gasteiger partial charge is 0.491 e. The fourth-order valence-corrected chi connectivity index (χ4v) is 2.44. The van der Waals surface area contributed by atoms with Crippen molar-refractivity contribution in [2.45, 2.75) is 26.2 Å². The zero-order chi connectivity index (χ0) is 16.8. The minimum Gasteiger partial charge on any atom is -0.491 e. The second-order valence-corrected chi connectivity index (χ2v) is 5.29. The minimum atomic E-state index is -0.282. The zero-order valence-electron chi connectivity index (χ0n) is 14.0. The molecule has 5 heteroatoms. The highest BCUT2D eigenvalue weighted by atomic mass is 16.5. The van der Waals surface area contributed by atoms with Crippen molar-refractivity contribution in [2.24, 2.45) is 0 Å². The van der Waals surface area contributed by atoms with Gasteiger partial charge < -0.3 is 14.2 Å². The Hall–Kier alpha value is -2.32. The van der Waals surface area contributed by atoms with Crippen molar-refractivity contribution in [3.05, 3.63) is 29.3 Å². The molecule has 0 fully saturated rings. The second-order valence-electron chi connectivity index (χ2n) is 5.29. The van der Waals surface area contributed by atoms with Crippen molar-refractivity contribution >= 4 is 10.9 Å². The Morgan fingerprint density at radius 2 is 2.00 bits per heavy atom. The van der Waals surface area contributed by atoms with E-state index in [1.165, 1.54) is 0 Å². The fraction of sp³-hybridized carbons (Fsp3) is 0.444. The lowest BCUT2D eigenvalue weighted by Gasteiger charge is -2.15. The van der Waals surface area contributed by atoms with Gasteiger partial charge >= 0.3 is 0 Å². The summed E-state index contributed by atoms with van der Waals surface area (Å²) in [6, 6.07) is 8.17. The van der Waals surface area contributed by atoms with Crippen LogP contribution in [0.15, 0.2) is 18.2 Å². The summed E-state index contributed by atoms with van der Waals surface area (Å²) >= 11 is 0. The van der Waals surface area contributed by atoms with Crippen molar-refractivity contribution in [2.75, 3.05) is 27.4 Å². The van der Waals surface area contributed by atoms with Crippen LogP contribution in [0.3, 0.4) is 0 Å². The molecule has 0 aliphatic heterocycles. The van der Waals surface area contributed by atoms with Gasteiger partial charge in [-0.25, -0.2) is 4.98 Å². The molecule has 1 aromatic carbocycles. The summed E-state index contributed by atoms with van der Waals surface area (Å²) in [6.07, 6.45) is 0.836. The number of methoxy groups -OCH3 is 2. The molecule has 0 N–H and O–H groups in total. The molecule has 0 spiro atoms. The number of fused-ring (bicyclic) bond motifs is 1. The van der Waals surface area contributed by atoms with Crippen LogP contribution in [0.1, 0.15) is 30.9 Å². The monoisotopic (exact) mass is 314 g/mol. The average Bonchev–Trinajstić information content (AvgIpc) is 2.59. The van der Waals surface area contributed by atoms with E-state index in [-0.39, 0.29) is 5.92 Å². The van der Waals surface area contributed by atoms with Gasteiger partial charge in [0.25, 0.3) is 0 Å². The maximum absolute atomic E-state index is 9.26. The minimum absolute atomic E-state index is 0.282. The summed E-state index contributed by atoms with van der Waals surface area (Å²) in [5.74, 6) is 1.05. The third-order valence-electron chi connectivity index (χ3n) is 3.76. The van der Waals surface area contributed by atoms with Crippen LogP contribution in [0.5, 0.6) is 11.6 Å². The van der Waals surface area contributed by atoms with Crippen LogP contribution in [0, 0.1) is 11.3 Å². The van der Waals surface area contributed by atoms with Crippen LogP contribution in [0.4, 0.5) is 0 Å². The number of aromatic nitrogens is 1. The van der Waals surface area contributed by atoms with Crippen LogP contribution < -0.4 is 9.47 Å². The Balaban J connectivity index is 2.55. The second kappa shape index (κ2) is 7.80. The van der Waals surface area contributed by atoms with E-state index >= 15 is 0 Å². The van der Waals surface area contributed by atoms with Gasteiger partial charge in [-0.2, -0.15) is 5.26 Å². The molecule has 0 radical (unpaired) electrons. The predicted molar refractivity (Wildman–Crippen MR) is 89.1 cm³/mol. The molecule has 1 atom stereocenters. The maximum Gasteiger partial charge on any atom is 0.216 e. The van der Waals surface area contributed by atoms with Crippen molar-refractivity contribution in [1.82, 2.24) is 4.98 Å². The molecule has 0 aliphatic carbocycles. The SMILES string of the molecule is CCc1cc2cc(OCCOC)c(C(C)C#N)cc2nc1OC. The molecular formula is C18H22N2O3. The van der Waals surface area contributed by atoms with Gasteiger partial charge in [-0.1, -0.05) is 6.92 Å². The topological polar surface area (TPSA) is 64.4 Å². The molecule has 0 bridgehead atoms. The van der Waals surface area contributed by atoms with Gasteiger partial charge in [-0.05, 0) is 31.5 Å². The molecule has 1 unspecified atom stereocenters. The Morgan fingerprint density at radius 3 is 2.61 bits per heavy atom. The highest BCUT2D eigenvalue weighted by molar-refractivity contribution is 5.83. The summed E-state index contributed by atoms with van der Waals surface area (Å²) in [5.41, 5.74) is 2.68. The summed E-state index contributed by atoms with van der Waals surface area (Å²) in [4.78, 5) is 4.57. The molecule has 23 heavy (non-hydrogen) atoms. The number of rotatable bonds is 7. The van der Waals surface area contributed by atoms with Gasteiger partial charge in [0.2, 0.25) is 5.88 Å². The van der Waals surface area contributed by atoms with E-state index in [1.54, 1.807) is 14.2 Å². The number of nitrogens with zero attached hydrogens (tertiary/aromatic N) is 2. The highest BCUT2D eigenvalue weighted by Gasteiger charge is 2.15. The van der Waals surface area contributed by atoms with E-state index in [1.807, 2.05) is 19.1 Å². The zero-order valence-corrected chi connectivity index (χ0v) is 14.0. The number of hydrogen-bond acceptors (Lipinski definition) is 5. The molecule has 1 aromatic heterocycles. The number of hydrogen-bond donors (Lipinski definition) is 0. The molecule has 122 valence electrons. The predicted octanol–water partition coefficient (Wildman–Crippen LogP) is 3.46. The first kappa shape index (κ1) is 17.0. The quantitative estimate of drug-likeness (QED) is 0.732. The third kappa shape index (κ3) is 3.72. The van der Waals surface area contributed by atoms with Crippen molar-refractivity contribution in [3.8, 4) is 17.7 Å². The van der Waals surface area contributed by atoms with Gasteiger partial charge in [0.15, 0.2) is 0 Å². The first-order valence-electron chi connectivity index (χ1n) is 7.67. The Morgan fingerprint density at radius 1 is 1.22 bits per heavy atom. The van der Waals surface area contributed by atoms with Crippen LogP contribution in [0.25, 0.3) is 10.9 Å². The van der Waals surface area contributed by atoms with Crippen molar-refractivity contribution in [1.29, 1.82) is 5.26 Å². The number of nitriles is 1. The third-order valence-corrected chi connectivity index (χ3v) is 3.76. The van der Waals surface area contributed by atoms with E-state index < -0.39 is 0 Å². The molecule has 0 amide bonds. The van der Waals surface area contributed by atoms with Gasteiger partial charge in [-0.3, -0.25) is 0 Å². The van der Waals surface area contributed by atoms with Crippen molar-refractivity contribution < 1.29 is 14.2 Å². The fourth-order valence-electron chi connectivity index (χ4n) is 2.44. The summed E-state index contributed by atoms with van der Waals surface area (Å²) in [7, 11) is 3.25. The van der Waals surface area contributed by atoms with E-state index in [9.17, 15) is 5.26 Å². The van der Waals surface area contributed by atoms with E-state index in [0.717, 1.165) is 28.5 Å². The van der Waals surface area contributed by atoms with Crippen LogP contribution in [-0.4, -0.2) is 32.4 Å². The number of ether oxygens (including phenoxy) is 3. The molecule has 0 aliphatic rings. The summed E-state index contributed by atoms with van der Waals surface area (Å²) in [5, 5.41) is 10.2. The van der Waals surface area contributed by atoms with Gasteiger partial charge in [0.1, 0.15) is 12.4 Å². The number of benzene rings is 1. The smallest absolute Gasteiger partial charge is 0.216 e. The van der Waals surface area contributed by atoms with Crippen molar-refractivity contribution in [3.63, 3.8) is 0 Å². The van der Waals surface area contributed by atoms with Crippen LogP contribution >= 0.6 is 0 Å². The molecule has 5 nitrogen and oxygen atoms in total. The molecule has 0 saturated heterocycles.